The Bertz CT molecular complexity index is 845. The lowest BCUT2D eigenvalue weighted by Crippen LogP contribution is -2.35. The Morgan fingerprint density at radius 1 is 1.12 bits per heavy atom. The molecule has 1 aliphatic rings. The van der Waals surface area contributed by atoms with Crippen molar-refractivity contribution in [1.29, 1.82) is 0 Å². The minimum absolute atomic E-state index is 0.0142. The van der Waals surface area contributed by atoms with Crippen molar-refractivity contribution in [3.05, 3.63) is 60.3 Å². The number of hydrogen-bond donors (Lipinski definition) is 2. The van der Waals surface area contributed by atoms with E-state index in [1.807, 2.05) is 16.8 Å². The van der Waals surface area contributed by atoms with Crippen LogP contribution in [0.25, 0.3) is 22.4 Å². The molecule has 6 heteroatoms. The molecule has 24 heavy (non-hydrogen) atoms. The van der Waals surface area contributed by atoms with E-state index in [1.54, 1.807) is 24.5 Å². The summed E-state index contributed by atoms with van der Waals surface area (Å²) in [6.07, 6.45) is 3.49. The smallest absolute Gasteiger partial charge is 0.123 e. The summed E-state index contributed by atoms with van der Waals surface area (Å²) in [5, 5.41) is 17.7. The van der Waals surface area contributed by atoms with Crippen molar-refractivity contribution in [2.45, 2.75) is 12.6 Å². The quantitative estimate of drug-likeness (QED) is 0.776. The van der Waals surface area contributed by atoms with Crippen molar-refractivity contribution in [3.8, 4) is 22.4 Å². The van der Waals surface area contributed by atoms with E-state index in [-0.39, 0.29) is 18.5 Å². The van der Waals surface area contributed by atoms with E-state index in [0.717, 1.165) is 28.1 Å². The molecule has 1 atom stereocenters. The molecule has 2 aromatic heterocycles. The molecule has 4 rings (SSSR count). The Hall–Kier alpha value is -2.57. The molecule has 0 radical (unpaired) electrons. The fourth-order valence-electron chi connectivity index (χ4n) is 3.16. The molecular weight excluding hydrogens is 307 g/mol. The van der Waals surface area contributed by atoms with Crippen molar-refractivity contribution in [3.63, 3.8) is 0 Å². The van der Waals surface area contributed by atoms with Crippen molar-refractivity contribution in [1.82, 2.24) is 20.1 Å². The third kappa shape index (κ3) is 2.50. The molecule has 122 valence electrons. The zero-order chi connectivity index (χ0) is 16.5. The van der Waals surface area contributed by atoms with Crippen molar-refractivity contribution >= 4 is 0 Å². The van der Waals surface area contributed by atoms with Crippen LogP contribution in [0.5, 0.6) is 0 Å². The number of aliphatic hydroxyl groups is 1. The molecule has 0 spiro atoms. The van der Waals surface area contributed by atoms with Gasteiger partial charge in [0.25, 0.3) is 0 Å². The van der Waals surface area contributed by atoms with Crippen molar-refractivity contribution < 1.29 is 9.50 Å². The highest BCUT2D eigenvalue weighted by Gasteiger charge is 2.27. The highest BCUT2D eigenvalue weighted by molar-refractivity contribution is 5.82. The molecule has 1 aliphatic heterocycles. The molecule has 1 unspecified atom stereocenters. The Balaban J connectivity index is 1.95. The maximum absolute atomic E-state index is 13.3. The van der Waals surface area contributed by atoms with Crippen molar-refractivity contribution in [2.24, 2.45) is 0 Å². The standard InChI is InChI=1S/C18H17FN4O/c19-14-3-1-13(2-4-14)18-17(12-5-7-20-8-6-12)16-10-21-9-15(11-24)23(16)22-18/h1-8,15,21,24H,9-11H2. The maximum Gasteiger partial charge on any atom is 0.123 e. The number of nitrogens with zero attached hydrogens (tertiary/aromatic N) is 3. The number of rotatable bonds is 3. The Kier molecular flexibility index (Phi) is 3.84. The van der Waals surface area contributed by atoms with Crippen LogP contribution in [0, 0.1) is 5.82 Å². The van der Waals surface area contributed by atoms with E-state index in [2.05, 4.69) is 10.3 Å². The van der Waals surface area contributed by atoms with Crippen LogP contribution in [0.2, 0.25) is 0 Å². The minimum Gasteiger partial charge on any atom is -0.394 e. The summed E-state index contributed by atoms with van der Waals surface area (Å²) >= 11 is 0. The van der Waals surface area contributed by atoms with Gasteiger partial charge in [0.05, 0.1) is 18.3 Å². The lowest BCUT2D eigenvalue weighted by molar-refractivity contribution is 0.200. The molecular formula is C18H17FN4O. The number of fused-ring (bicyclic) bond motifs is 1. The Labute approximate surface area is 138 Å². The van der Waals surface area contributed by atoms with Gasteiger partial charge in [-0.25, -0.2) is 4.39 Å². The van der Waals surface area contributed by atoms with Gasteiger partial charge in [0, 0.05) is 36.6 Å². The number of benzene rings is 1. The molecule has 3 aromatic rings. The second-order valence-corrected chi connectivity index (χ2v) is 5.82. The van der Waals surface area contributed by atoms with E-state index in [4.69, 9.17) is 5.10 Å². The monoisotopic (exact) mass is 324 g/mol. The fourth-order valence-corrected chi connectivity index (χ4v) is 3.16. The molecule has 0 fully saturated rings. The predicted octanol–water partition coefficient (Wildman–Crippen LogP) is 2.39. The Morgan fingerprint density at radius 3 is 2.58 bits per heavy atom. The van der Waals surface area contributed by atoms with Crippen LogP contribution in [-0.4, -0.2) is 33.0 Å². The second-order valence-electron chi connectivity index (χ2n) is 5.82. The molecule has 1 aromatic carbocycles. The number of aliphatic hydroxyl groups excluding tert-OH is 1. The van der Waals surface area contributed by atoms with Gasteiger partial charge in [-0.05, 0) is 42.0 Å². The van der Waals surface area contributed by atoms with Gasteiger partial charge in [0.15, 0.2) is 0 Å². The lowest BCUT2D eigenvalue weighted by Gasteiger charge is -2.24. The van der Waals surface area contributed by atoms with Gasteiger partial charge in [-0.3, -0.25) is 9.67 Å². The Morgan fingerprint density at radius 2 is 1.88 bits per heavy atom. The number of hydrogen-bond acceptors (Lipinski definition) is 4. The molecule has 0 bridgehead atoms. The summed E-state index contributed by atoms with van der Waals surface area (Å²) in [7, 11) is 0. The summed E-state index contributed by atoms with van der Waals surface area (Å²) < 4.78 is 15.2. The van der Waals surface area contributed by atoms with Crippen LogP contribution in [-0.2, 0) is 6.54 Å². The zero-order valence-electron chi connectivity index (χ0n) is 13.0. The second kappa shape index (κ2) is 6.14. The predicted molar refractivity (Wildman–Crippen MR) is 88.7 cm³/mol. The van der Waals surface area contributed by atoms with E-state index >= 15 is 0 Å². The normalized spacial score (nSPS) is 16.8. The number of nitrogens with one attached hydrogen (secondary N) is 1. The number of halogens is 1. The topological polar surface area (TPSA) is 63.0 Å². The van der Waals surface area contributed by atoms with Gasteiger partial charge in [-0.15, -0.1) is 0 Å². The lowest BCUT2D eigenvalue weighted by atomic mass is 9.99. The van der Waals surface area contributed by atoms with Crippen LogP contribution in [0.1, 0.15) is 11.7 Å². The minimum atomic E-state index is -0.275. The first-order valence-corrected chi connectivity index (χ1v) is 7.87. The van der Waals surface area contributed by atoms with E-state index in [0.29, 0.717) is 13.1 Å². The van der Waals surface area contributed by atoms with Crippen molar-refractivity contribution in [2.75, 3.05) is 13.2 Å². The van der Waals surface area contributed by atoms with Gasteiger partial charge in [0.2, 0.25) is 0 Å². The van der Waals surface area contributed by atoms with Crippen LogP contribution in [0.15, 0.2) is 48.8 Å². The maximum atomic E-state index is 13.3. The highest BCUT2D eigenvalue weighted by atomic mass is 19.1. The summed E-state index contributed by atoms with van der Waals surface area (Å²) in [4.78, 5) is 4.08. The van der Waals surface area contributed by atoms with Gasteiger partial charge in [0.1, 0.15) is 11.5 Å². The average molecular weight is 324 g/mol. The van der Waals surface area contributed by atoms with Crippen LogP contribution in [0.3, 0.4) is 0 Å². The number of aromatic nitrogens is 3. The highest BCUT2D eigenvalue weighted by Crippen LogP contribution is 2.36. The molecule has 0 aliphatic carbocycles. The third-order valence-corrected chi connectivity index (χ3v) is 4.33. The van der Waals surface area contributed by atoms with Gasteiger partial charge in [-0.1, -0.05) is 0 Å². The summed E-state index contributed by atoms with van der Waals surface area (Å²) in [6.45, 7) is 1.35. The third-order valence-electron chi connectivity index (χ3n) is 4.33. The average Bonchev–Trinajstić information content (AvgIpc) is 3.02. The summed E-state index contributed by atoms with van der Waals surface area (Å²) in [5.74, 6) is -0.275. The molecule has 3 heterocycles. The van der Waals surface area contributed by atoms with E-state index in [9.17, 15) is 9.50 Å². The van der Waals surface area contributed by atoms with Gasteiger partial charge in [-0.2, -0.15) is 5.10 Å². The van der Waals surface area contributed by atoms with Crippen LogP contribution in [0.4, 0.5) is 4.39 Å². The first kappa shape index (κ1) is 15.0. The van der Waals surface area contributed by atoms with Gasteiger partial charge >= 0.3 is 0 Å². The van der Waals surface area contributed by atoms with Crippen LogP contribution >= 0.6 is 0 Å². The summed E-state index contributed by atoms with van der Waals surface area (Å²) in [6, 6.07) is 10.1. The molecule has 0 amide bonds. The molecule has 5 nitrogen and oxygen atoms in total. The largest absolute Gasteiger partial charge is 0.394 e. The zero-order valence-corrected chi connectivity index (χ0v) is 13.0. The van der Waals surface area contributed by atoms with E-state index in [1.165, 1.54) is 12.1 Å². The van der Waals surface area contributed by atoms with Gasteiger partial charge < -0.3 is 10.4 Å². The molecule has 0 saturated heterocycles. The number of pyridine rings is 1. The SMILES string of the molecule is OCC1CNCc2c(-c3ccncc3)c(-c3ccc(F)cc3)nn21. The summed E-state index contributed by atoms with van der Waals surface area (Å²) in [5.41, 5.74) is 4.66. The molecule has 0 saturated carbocycles. The van der Waals surface area contributed by atoms with E-state index < -0.39 is 0 Å². The first-order chi connectivity index (χ1) is 11.8. The first-order valence-electron chi connectivity index (χ1n) is 7.87. The fraction of sp³-hybridized carbons (Fsp3) is 0.222. The molecule has 2 N–H and O–H groups in total. The van der Waals surface area contributed by atoms with Crippen LogP contribution < -0.4 is 5.32 Å².